The number of aliphatic hydroxyl groups is 1. The normalized spacial score (nSPS) is 12.7. The summed E-state index contributed by atoms with van der Waals surface area (Å²) in [5.74, 6) is -5.04. The summed E-state index contributed by atoms with van der Waals surface area (Å²) in [6.07, 6.45) is 24.5. The van der Waals surface area contributed by atoms with Gasteiger partial charge in [-0.05, 0) is 6.42 Å². The Balaban J connectivity index is 0. The van der Waals surface area contributed by atoms with E-state index in [9.17, 15) is 19.8 Å². The van der Waals surface area contributed by atoms with E-state index >= 15 is 0 Å². The van der Waals surface area contributed by atoms with Crippen LogP contribution in [0, 0.1) is 0 Å². The first kappa shape index (κ1) is 33.1. The number of hydrogen-bond donors (Lipinski definition) is 1. The zero-order valence-corrected chi connectivity index (χ0v) is 22.7. The Hall–Kier alpha value is -0.100. The zero-order chi connectivity index (χ0) is 22.5. The monoisotopic (exact) mass is 450 g/mol. The van der Waals surface area contributed by atoms with E-state index in [4.69, 9.17) is 0 Å². The Morgan fingerprint density at radius 2 is 0.968 bits per heavy atom. The van der Waals surface area contributed by atoms with Crippen LogP contribution in [0.4, 0.5) is 0 Å². The molecule has 0 radical (unpaired) electrons. The number of carboxylic acid groups (broad SMARTS) is 1. The molecule has 0 fully saturated rings. The van der Waals surface area contributed by atoms with Crippen molar-refractivity contribution in [3.8, 4) is 0 Å². The average molecular weight is 451 g/mol. The van der Waals surface area contributed by atoms with Crippen molar-refractivity contribution in [2.24, 2.45) is 0 Å². The van der Waals surface area contributed by atoms with E-state index in [0.717, 1.165) is 19.8 Å². The van der Waals surface area contributed by atoms with E-state index in [2.05, 4.69) is 11.7 Å². The molecular formula is C25H47NaO5. The molecule has 1 N–H and O–H groups in total. The molecule has 31 heavy (non-hydrogen) atoms. The molecule has 0 aromatic carbocycles. The maximum atomic E-state index is 11.5. The summed E-state index contributed by atoms with van der Waals surface area (Å²) in [5.41, 5.74) is 0. The Morgan fingerprint density at radius 3 is 1.26 bits per heavy atom. The molecule has 0 aliphatic rings. The summed E-state index contributed by atoms with van der Waals surface area (Å²) < 4.78 is 4.49. The number of carbonyl (C=O) groups is 2. The Morgan fingerprint density at radius 1 is 0.677 bits per heavy atom. The van der Waals surface area contributed by atoms with Crippen molar-refractivity contribution in [2.75, 3.05) is 0 Å². The summed E-state index contributed by atoms with van der Waals surface area (Å²) in [6.45, 7) is 3.17. The number of ether oxygens (including phenoxy) is 1. The summed E-state index contributed by atoms with van der Waals surface area (Å²) >= 11 is 0. The van der Waals surface area contributed by atoms with Crippen molar-refractivity contribution in [3.63, 3.8) is 0 Å². The summed E-state index contributed by atoms with van der Waals surface area (Å²) in [6, 6.07) is 0. The Bertz CT molecular complexity index is 426. The third kappa shape index (κ3) is 22.9. The van der Waals surface area contributed by atoms with Crippen molar-refractivity contribution in [3.05, 3.63) is 0 Å². The molecule has 0 aromatic rings. The van der Waals surface area contributed by atoms with E-state index in [1.165, 1.54) is 103 Å². The van der Waals surface area contributed by atoms with Gasteiger partial charge in [-0.2, -0.15) is 0 Å². The molecule has 1 unspecified atom stereocenters. The topological polar surface area (TPSA) is 86.7 Å². The minimum Gasteiger partial charge on any atom is -0.543 e. The first-order valence-electron chi connectivity index (χ1n) is 12.6. The number of carbonyl (C=O) groups excluding carboxylic acids is 2. The van der Waals surface area contributed by atoms with Crippen LogP contribution in [0.25, 0.3) is 0 Å². The molecule has 0 rings (SSSR count). The minimum absolute atomic E-state index is 0. The van der Waals surface area contributed by atoms with Crippen molar-refractivity contribution < 1.29 is 54.1 Å². The molecule has 5 nitrogen and oxygen atoms in total. The fourth-order valence-electron chi connectivity index (χ4n) is 3.66. The molecule has 0 aliphatic carbocycles. The number of aliphatic carboxylic acids is 1. The maximum Gasteiger partial charge on any atom is 1.00 e. The zero-order valence-electron chi connectivity index (χ0n) is 20.7. The predicted molar refractivity (Wildman–Crippen MR) is 120 cm³/mol. The Labute approximate surface area is 213 Å². The van der Waals surface area contributed by atoms with E-state index in [-0.39, 0.29) is 36.0 Å². The van der Waals surface area contributed by atoms with Gasteiger partial charge in [-0.3, -0.25) is 4.79 Å². The van der Waals surface area contributed by atoms with Crippen LogP contribution in [-0.4, -0.2) is 22.8 Å². The molecule has 0 saturated heterocycles. The molecule has 0 spiro atoms. The molecule has 1 atom stereocenters. The maximum absolute atomic E-state index is 11.5. The Kier molecular flexibility index (Phi) is 24.6. The van der Waals surface area contributed by atoms with Crippen LogP contribution in [0.5, 0.6) is 0 Å². The van der Waals surface area contributed by atoms with E-state index in [1.807, 2.05) is 0 Å². The van der Waals surface area contributed by atoms with Crippen LogP contribution in [0.2, 0.25) is 0 Å². The SMILES string of the molecule is CCCCCCCCCCCCCCCCCCCCCC(=O)OC(C)(O)C(=O)[O-].[Na+]. The third-order valence-corrected chi connectivity index (χ3v) is 5.68. The molecular weight excluding hydrogens is 403 g/mol. The van der Waals surface area contributed by atoms with Crippen molar-refractivity contribution in [1.29, 1.82) is 0 Å². The van der Waals surface area contributed by atoms with E-state index < -0.39 is 17.7 Å². The van der Waals surface area contributed by atoms with Gasteiger partial charge in [0, 0.05) is 13.3 Å². The molecule has 0 amide bonds. The minimum atomic E-state index is -2.54. The molecule has 0 bridgehead atoms. The van der Waals surface area contributed by atoms with Crippen molar-refractivity contribution >= 4 is 11.9 Å². The molecule has 178 valence electrons. The summed E-state index contributed by atoms with van der Waals surface area (Å²) in [5, 5.41) is 19.9. The molecule has 0 aliphatic heterocycles. The second-order valence-corrected chi connectivity index (χ2v) is 8.86. The van der Waals surface area contributed by atoms with E-state index in [1.54, 1.807) is 0 Å². The van der Waals surface area contributed by atoms with Gasteiger partial charge in [-0.15, -0.1) is 0 Å². The van der Waals surface area contributed by atoms with Crippen LogP contribution >= 0.6 is 0 Å². The molecule has 0 saturated carbocycles. The smallest absolute Gasteiger partial charge is 0.543 e. The quantitative estimate of drug-likeness (QED) is 0.119. The van der Waals surface area contributed by atoms with Gasteiger partial charge in [0.15, 0.2) is 0 Å². The molecule has 6 heteroatoms. The summed E-state index contributed by atoms with van der Waals surface area (Å²) in [4.78, 5) is 22.0. The van der Waals surface area contributed by atoms with Crippen LogP contribution in [0.15, 0.2) is 0 Å². The number of esters is 1. The predicted octanol–water partition coefficient (Wildman–Crippen LogP) is 2.81. The number of hydrogen-bond acceptors (Lipinski definition) is 5. The van der Waals surface area contributed by atoms with Crippen LogP contribution in [0.1, 0.15) is 142 Å². The largest absolute Gasteiger partial charge is 1.00 e. The van der Waals surface area contributed by atoms with Gasteiger partial charge in [0.2, 0.25) is 5.79 Å². The van der Waals surface area contributed by atoms with Gasteiger partial charge in [-0.25, -0.2) is 0 Å². The molecule has 0 heterocycles. The van der Waals surface area contributed by atoms with Crippen molar-refractivity contribution in [1.82, 2.24) is 0 Å². The second kappa shape index (κ2) is 23.1. The van der Waals surface area contributed by atoms with Gasteiger partial charge in [0.1, 0.15) is 5.97 Å². The van der Waals surface area contributed by atoms with Crippen LogP contribution in [0.3, 0.4) is 0 Å². The fraction of sp³-hybridized carbons (Fsp3) is 0.920. The average Bonchev–Trinajstić information content (AvgIpc) is 2.69. The van der Waals surface area contributed by atoms with Gasteiger partial charge in [-0.1, -0.05) is 122 Å². The number of carboxylic acids is 1. The second-order valence-electron chi connectivity index (χ2n) is 8.86. The van der Waals surface area contributed by atoms with E-state index in [0.29, 0.717) is 6.42 Å². The van der Waals surface area contributed by atoms with Crippen LogP contribution < -0.4 is 34.7 Å². The van der Waals surface area contributed by atoms with Crippen molar-refractivity contribution in [2.45, 2.75) is 148 Å². The van der Waals surface area contributed by atoms with Gasteiger partial charge in [0.05, 0.1) is 0 Å². The van der Waals surface area contributed by atoms with Gasteiger partial charge >= 0.3 is 35.5 Å². The fourth-order valence-corrected chi connectivity index (χ4v) is 3.66. The van der Waals surface area contributed by atoms with Gasteiger partial charge in [0.25, 0.3) is 0 Å². The first-order chi connectivity index (χ1) is 14.4. The first-order valence-corrected chi connectivity index (χ1v) is 12.6. The summed E-state index contributed by atoms with van der Waals surface area (Å²) in [7, 11) is 0. The molecule has 0 aromatic heterocycles. The number of rotatable bonds is 22. The standard InChI is InChI=1S/C25H48O5.Na/c1-3-4-5-6-7-8-9-10-11-12-13-14-15-16-17-18-19-20-21-22-23(26)30-25(2,29)24(27)28;/h29H,3-22H2,1-2H3,(H,27,28);/q;+1/p-1. The number of unbranched alkanes of at least 4 members (excludes halogenated alkanes) is 18. The van der Waals surface area contributed by atoms with Crippen LogP contribution in [-0.2, 0) is 14.3 Å². The third-order valence-electron chi connectivity index (χ3n) is 5.68. The van der Waals surface area contributed by atoms with Gasteiger partial charge < -0.3 is 19.7 Å².